The molecular weight excluding hydrogens is 239 g/mol. The van der Waals surface area contributed by atoms with Crippen molar-refractivity contribution in [1.29, 1.82) is 0 Å². The van der Waals surface area contributed by atoms with Crippen LogP contribution in [0, 0.1) is 16.7 Å². The van der Waals surface area contributed by atoms with Crippen LogP contribution in [0.15, 0.2) is 0 Å². The average molecular weight is 263 g/mol. The van der Waals surface area contributed by atoms with E-state index in [0.29, 0.717) is 18.0 Å². The first kappa shape index (κ1) is 14.2. The summed E-state index contributed by atoms with van der Waals surface area (Å²) in [5, 5.41) is 3.38. The Morgan fingerprint density at radius 2 is 1.89 bits per heavy atom. The number of alkyl halides is 3. The maximum absolute atomic E-state index is 12.1. The second kappa shape index (κ2) is 4.39. The van der Waals surface area contributed by atoms with Crippen LogP contribution in [0.2, 0.25) is 0 Å². The van der Waals surface area contributed by atoms with Crippen molar-refractivity contribution in [3.63, 3.8) is 0 Å². The first-order valence-electron chi connectivity index (χ1n) is 6.97. The van der Waals surface area contributed by atoms with Gasteiger partial charge in [0.1, 0.15) is 0 Å². The van der Waals surface area contributed by atoms with E-state index < -0.39 is 12.6 Å². The Hall–Kier alpha value is -0.250. The molecule has 18 heavy (non-hydrogen) atoms. The van der Waals surface area contributed by atoms with Gasteiger partial charge < -0.3 is 5.32 Å². The lowest BCUT2D eigenvalue weighted by molar-refractivity contribution is -0.135. The second-order valence-corrected chi connectivity index (χ2v) is 6.84. The van der Waals surface area contributed by atoms with Gasteiger partial charge in [0.15, 0.2) is 0 Å². The minimum Gasteiger partial charge on any atom is -0.313 e. The molecule has 2 saturated carbocycles. The highest BCUT2D eigenvalue weighted by Crippen LogP contribution is 2.65. The van der Waals surface area contributed by atoms with Gasteiger partial charge in [-0.25, -0.2) is 0 Å². The zero-order valence-electron chi connectivity index (χ0n) is 11.5. The fourth-order valence-electron chi connectivity index (χ4n) is 4.08. The van der Waals surface area contributed by atoms with Crippen molar-refractivity contribution in [2.24, 2.45) is 16.7 Å². The first-order chi connectivity index (χ1) is 8.17. The van der Waals surface area contributed by atoms with Crippen molar-refractivity contribution in [2.45, 2.75) is 65.1 Å². The molecule has 1 N–H and O–H groups in total. The molecule has 0 radical (unpaired) electrons. The monoisotopic (exact) mass is 263 g/mol. The van der Waals surface area contributed by atoms with Gasteiger partial charge in [0, 0.05) is 12.5 Å². The Kier molecular flexibility index (Phi) is 3.46. The molecular formula is C14H24F3N. The minimum atomic E-state index is -4.01. The molecule has 0 aromatic rings. The molecule has 2 fully saturated rings. The molecule has 0 aliphatic heterocycles. The largest absolute Gasteiger partial charge is 0.389 e. The summed E-state index contributed by atoms with van der Waals surface area (Å²) in [5.74, 6) is 0.739. The van der Waals surface area contributed by atoms with Gasteiger partial charge in [0.05, 0.1) is 0 Å². The van der Waals surface area contributed by atoms with Crippen LogP contribution in [0.3, 0.4) is 0 Å². The summed E-state index contributed by atoms with van der Waals surface area (Å²) in [4.78, 5) is 0. The molecule has 4 heteroatoms. The SMILES string of the molecule is CC1(C)C2CCC1(C)C(NCCCC(F)(F)F)C2. The van der Waals surface area contributed by atoms with E-state index in [4.69, 9.17) is 0 Å². The first-order valence-corrected chi connectivity index (χ1v) is 6.97. The van der Waals surface area contributed by atoms with Gasteiger partial charge in [0.2, 0.25) is 0 Å². The average Bonchev–Trinajstić information content (AvgIpc) is 2.55. The molecule has 0 amide bonds. The molecule has 0 spiro atoms. The summed E-state index contributed by atoms with van der Waals surface area (Å²) in [5.41, 5.74) is 0.588. The number of nitrogens with one attached hydrogen (secondary N) is 1. The van der Waals surface area contributed by atoms with Crippen molar-refractivity contribution in [2.75, 3.05) is 6.54 Å². The number of hydrogen-bond donors (Lipinski definition) is 1. The van der Waals surface area contributed by atoms with Crippen LogP contribution in [0.1, 0.15) is 52.9 Å². The molecule has 2 bridgehead atoms. The normalized spacial score (nSPS) is 38.3. The zero-order valence-corrected chi connectivity index (χ0v) is 11.5. The van der Waals surface area contributed by atoms with Crippen LogP contribution < -0.4 is 5.32 Å². The van der Waals surface area contributed by atoms with Gasteiger partial charge in [-0.1, -0.05) is 20.8 Å². The maximum atomic E-state index is 12.1. The van der Waals surface area contributed by atoms with Crippen molar-refractivity contribution in [1.82, 2.24) is 5.32 Å². The minimum absolute atomic E-state index is 0.196. The van der Waals surface area contributed by atoms with Crippen molar-refractivity contribution in [3.05, 3.63) is 0 Å². The van der Waals surface area contributed by atoms with Gasteiger partial charge in [-0.05, 0) is 49.0 Å². The third-order valence-electron chi connectivity index (χ3n) is 5.82. The standard InChI is InChI=1S/C14H24F3N/c1-12(2)10-5-7-13(12,3)11(9-10)18-8-4-6-14(15,16)17/h10-11,18H,4-9H2,1-3H3. The Balaban J connectivity index is 1.82. The van der Waals surface area contributed by atoms with E-state index in [-0.39, 0.29) is 11.8 Å². The molecule has 3 atom stereocenters. The predicted octanol–water partition coefficient (Wildman–Crippen LogP) is 4.13. The fraction of sp³-hybridized carbons (Fsp3) is 1.00. The predicted molar refractivity (Wildman–Crippen MR) is 66.3 cm³/mol. The third kappa shape index (κ3) is 2.28. The Bertz CT molecular complexity index is 311. The van der Waals surface area contributed by atoms with E-state index in [0.717, 1.165) is 12.3 Å². The number of rotatable bonds is 4. The summed E-state index contributed by atoms with van der Waals surface area (Å²) in [7, 11) is 0. The lowest BCUT2D eigenvalue weighted by Crippen LogP contribution is -2.44. The topological polar surface area (TPSA) is 12.0 Å². The van der Waals surface area contributed by atoms with E-state index in [1.807, 2.05) is 0 Å². The van der Waals surface area contributed by atoms with Gasteiger partial charge in [0.25, 0.3) is 0 Å². The zero-order chi connectivity index (χ0) is 13.6. The molecule has 2 aliphatic rings. The van der Waals surface area contributed by atoms with Gasteiger partial charge in [-0.15, -0.1) is 0 Å². The van der Waals surface area contributed by atoms with Crippen LogP contribution >= 0.6 is 0 Å². The van der Waals surface area contributed by atoms with Crippen molar-refractivity contribution < 1.29 is 13.2 Å². The molecule has 1 nitrogen and oxygen atoms in total. The molecule has 106 valence electrons. The van der Waals surface area contributed by atoms with E-state index in [9.17, 15) is 13.2 Å². The fourth-order valence-corrected chi connectivity index (χ4v) is 4.08. The smallest absolute Gasteiger partial charge is 0.313 e. The van der Waals surface area contributed by atoms with Crippen LogP contribution in [-0.2, 0) is 0 Å². The van der Waals surface area contributed by atoms with E-state index in [1.165, 1.54) is 12.8 Å². The van der Waals surface area contributed by atoms with E-state index >= 15 is 0 Å². The number of fused-ring (bicyclic) bond motifs is 2. The van der Waals surface area contributed by atoms with E-state index in [1.54, 1.807) is 0 Å². The second-order valence-electron chi connectivity index (χ2n) is 6.84. The lowest BCUT2D eigenvalue weighted by atomic mass is 9.69. The van der Waals surface area contributed by atoms with E-state index in [2.05, 4.69) is 26.1 Å². The maximum Gasteiger partial charge on any atom is 0.389 e. The molecule has 0 heterocycles. The number of halogens is 3. The van der Waals surface area contributed by atoms with Crippen LogP contribution in [0.4, 0.5) is 13.2 Å². The van der Waals surface area contributed by atoms with Crippen molar-refractivity contribution >= 4 is 0 Å². The number of hydrogen-bond acceptors (Lipinski definition) is 1. The molecule has 0 aromatic heterocycles. The highest BCUT2D eigenvalue weighted by Gasteiger charge is 2.60. The van der Waals surface area contributed by atoms with Crippen LogP contribution in [0.25, 0.3) is 0 Å². The summed E-state index contributed by atoms with van der Waals surface area (Å²) in [6, 6.07) is 0.402. The van der Waals surface area contributed by atoms with Gasteiger partial charge in [-0.2, -0.15) is 13.2 Å². The molecule has 2 rings (SSSR count). The molecule has 3 unspecified atom stereocenters. The molecule has 0 aromatic carbocycles. The third-order valence-corrected chi connectivity index (χ3v) is 5.82. The highest BCUT2D eigenvalue weighted by atomic mass is 19.4. The van der Waals surface area contributed by atoms with Crippen LogP contribution in [-0.4, -0.2) is 18.8 Å². The molecule has 2 aliphatic carbocycles. The Morgan fingerprint density at radius 3 is 2.33 bits per heavy atom. The quantitative estimate of drug-likeness (QED) is 0.752. The Labute approximate surface area is 108 Å². The Morgan fingerprint density at radius 1 is 1.22 bits per heavy atom. The summed E-state index contributed by atoms with van der Waals surface area (Å²) < 4.78 is 36.2. The summed E-state index contributed by atoms with van der Waals surface area (Å²) in [6.45, 7) is 7.44. The highest BCUT2D eigenvalue weighted by molar-refractivity contribution is 5.12. The van der Waals surface area contributed by atoms with Gasteiger partial charge >= 0.3 is 6.18 Å². The summed E-state index contributed by atoms with van der Waals surface area (Å²) >= 11 is 0. The lowest BCUT2D eigenvalue weighted by Gasteiger charge is -2.39. The van der Waals surface area contributed by atoms with Gasteiger partial charge in [-0.3, -0.25) is 0 Å². The van der Waals surface area contributed by atoms with Crippen LogP contribution in [0.5, 0.6) is 0 Å². The van der Waals surface area contributed by atoms with Crippen molar-refractivity contribution in [3.8, 4) is 0 Å². The molecule has 0 saturated heterocycles. The summed E-state index contributed by atoms with van der Waals surface area (Å²) in [6.07, 6.45) is -0.863.